The Morgan fingerprint density at radius 3 is 2.70 bits per heavy atom. The van der Waals surface area contributed by atoms with Crippen LogP contribution in [0.25, 0.3) is 0 Å². The van der Waals surface area contributed by atoms with E-state index < -0.39 is 0 Å². The van der Waals surface area contributed by atoms with Crippen LogP contribution in [0.2, 0.25) is 0 Å². The van der Waals surface area contributed by atoms with E-state index in [1.54, 1.807) is 6.92 Å². The number of aryl methyl sites for hydroxylation is 1. The maximum atomic E-state index is 5.72. The predicted octanol–water partition coefficient (Wildman–Crippen LogP) is 0.358. The number of anilines is 3. The molecule has 0 radical (unpaired) electrons. The van der Waals surface area contributed by atoms with E-state index in [9.17, 15) is 0 Å². The minimum atomic E-state index is 0.202. The quantitative estimate of drug-likeness (QED) is 0.815. The third-order valence-corrected chi connectivity index (χ3v) is 3.00. The Hall–Kier alpha value is -2.45. The highest BCUT2D eigenvalue weighted by Gasteiger charge is 2.16. The molecule has 3 rings (SSSR count). The predicted molar refractivity (Wildman–Crippen MR) is 72.0 cm³/mol. The smallest absolute Gasteiger partial charge is 0.231 e. The third kappa shape index (κ3) is 2.76. The summed E-state index contributed by atoms with van der Waals surface area (Å²) in [7, 11) is 0. The lowest BCUT2D eigenvalue weighted by Crippen LogP contribution is -2.22. The summed E-state index contributed by atoms with van der Waals surface area (Å²) in [5.41, 5.74) is 5.72. The van der Waals surface area contributed by atoms with Crippen LogP contribution >= 0.6 is 0 Å². The van der Waals surface area contributed by atoms with Gasteiger partial charge in [0.25, 0.3) is 0 Å². The van der Waals surface area contributed by atoms with E-state index in [0.717, 1.165) is 25.9 Å². The minimum absolute atomic E-state index is 0.202. The zero-order valence-corrected chi connectivity index (χ0v) is 11.2. The van der Waals surface area contributed by atoms with Crippen molar-refractivity contribution < 1.29 is 4.52 Å². The molecule has 1 aliphatic heterocycles. The van der Waals surface area contributed by atoms with E-state index >= 15 is 0 Å². The highest BCUT2D eigenvalue weighted by Crippen LogP contribution is 2.17. The summed E-state index contributed by atoms with van der Waals surface area (Å²) < 4.78 is 4.89. The van der Waals surface area contributed by atoms with Gasteiger partial charge in [-0.25, -0.2) is 0 Å². The minimum Gasteiger partial charge on any atom is -0.368 e. The molecule has 3 heterocycles. The van der Waals surface area contributed by atoms with Crippen molar-refractivity contribution in [1.29, 1.82) is 0 Å². The molecule has 2 aromatic heterocycles. The van der Waals surface area contributed by atoms with Crippen molar-refractivity contribution in [2.75, 3.05) is 29.0 Å². The standard InChI is InChI=1S/C11H16N8O/c1-7-14-8(18-20-7)6-13-10-15-9(12)16-11(17-10)19-4-2-3-5-19/h2-6H2,1H3,(H3,12,13,15,16,17). The second-order valence-electron chi connectivity index (χ2n) is 4.59. The van der Waals surface area contributed by atoms with Gasteiger partial charge in [0.2, 0.25) is 23.7 Å². The molecule has 20 heavy (non-hydrogen) atoms. The fourth-order valence-electron chi connectivity index (χ4n) is 2.09. The molecule has 1 aliphatic rings. The van der Waals surface area contributed by atoms with Gasteiger partial charge in [0.05, 0.1) is 6.54 Å². The van der Waals surface area contributed by atoms with Crippen molar-refractivity contribution in [3.05, 3.63) is 11.7 Å². The molecule has 0 unspecified atom stereocenters. The van der Waals surface area contributed by atoms with Crippen LogP contribution in [0.1, 0.15) is 24.6 Å². The normalized spacial score (nSPS) is 14.8. The summed E-state index contributed by atoms with van der Waals surface area (Å²) in [5.74, 6) is 2.30. The molecule has 0 atom stereocenters. The average Bonchev–Trinajstić information content (AvgIpc) is 3.07. The Labute approximate surface area is 115 Å². The molecule has 0 aromatic carbocycles. The van der Waals surface area contributed by atoms with Crippen molar-refractivity contribution in [3.8, 4) is 0 Å². The number of nitrogens with two attached hydrogens (primary N) is 1. The fourth-order valence-corrected chi connectivity index (χ4v) is 2.09. The highest BCUT2D eigenvalue weighted by molar-refractivity contribution is 5.42. The van der Waals surface area contributed by atoms with E-state index in [1.165, 1.54) is 0 Å². The molecule has 0 amide bonds. The Morgan fingerprint density at radius 2 is 2.00 bits per heavy atom. The number of nitrogen functional groups attached to an aromatic ring is 1. The lowest BCUT2D eigenvalue weighted by atomic mass is 10.4. The highest BCUT2D eigenvalue weighted by atomic mass is 16.5. The molecule has 0 saturated carbocycles. The molecule has 106 valence electrons. The van der Waals surface area contributed by atoms with E-state index in [-0.39, 0.29) is 5.95 Å². The van der Waals surface area contributed by atoms with Crippen molar-refractivity contribution >= 4 is 17.8 Å². The van der Waals surface area contributed by atoms with Crippen LogP contribution in [0, 0.1) is 6.92 Å². The SMILES string of the molecule is Cc1nc(CNc2nc(N)nc(N3CCCC3)n2)no1. The summed E-state index contributed by atoms with van der Waals surface area (Å²) >= 11 is 0. The van der Waals surface area contributed by atoms with Gasteiger partial charge in [0, 0.05) is 20.0 Å². The van der Waals surface area contributed by atoms with Crippen molar-refractivity contribution in [3.63, 3.8) is 0 Å². The number of rotatable bonds is 4. The van der Waals surface area contributed by atoms with Crippen LogP contribution in [0.4, 0.5) is 17.8 Å². The maximum absolute atomic E-state index is 5.72. The molecule has 9 nitrogen and oxygen atoms in total. The first-order valence-electron chi connectivity index (χ1n) is 6.50. The lowest BCUT2D eigenvalue weighted by Gasteiger charge is -2.15. The summed E-state index contributed by atoms with van der Waals surface area (Å²) in [6, 6.07) is 0. The first-order valence-corrected chi connectivity index (χ1v) is 6.50. The number of hydrogen-bond donors (Lipinski definition) is 2. The van der Waals surface area contributed by atoms with Crippen molar-refractivity contribution in [2.24, 2.45) is 0 Å². The van der Waals surface area contributed by atoms with E-state index in [1.807, 2.05) is 0 Å². The molecular weight excluding hydrogens is 260 g/mol. The molecule has 0 bridgehead atoms. The Kier molecular flexibility index (Phi) is 3.32. The van der Waals surface area contributed by atoms with Crippen LogP contribution in [-0.2, 0) is 6.54 Å². The summed E-state index contributed by atoms with van der Waals surface area (Å²) in [5, 5.41) is 6.82. The van der Waals surface area contributed by atoms with E-state index in [4.69, 9.17) is 10.3 Å². The second kappa shape index (κ2) is 5.27. The number of nitrogens with zero attached hydrogens (tertiary/aromatic N) is 6. The van der Waals surface area contributed by atoms with Crippen molar-refractivity contribution in [1.82, 2.24) is 25.1 Å². The van der Waals surface area contributed by atoms with Crippen LogP contribution in [-0.4, -0.2) is 38.2 Å². The number of aromatic nitrogens is 5. The van der Waals surface area contributed by atoms with Gasteiger partial charge in [0.1, 0.15) is 0 Å². The van der Waals surface area contributed by atoms with Gasteiger partial charge in [-0.05, 0) is 12.8 Å². The molecule has 0 spiro atoms. The lowest BCUT2D eigenvalue weighted by molar-refractivity contribution is 0.388. The molecule has 9 heteroatoms. The van der Waals surface area contributed by atoms with Gasteiger partial charge in [0.15, 0.2) is 5.82 Å². The van der Waals surface area contributed by atoms with E-state index in [2.05, 4.69) is 35.3 Å². The summed E-state index contributed by atoms with van der Waals surface area (Å²) in [6.07, 6.45) is 2.30. The first kappa shape index (κ1) is 12.6. The monoisotopic (exact) mass is 276 g/mol. The van der Waals surface area contributed by atoms with Crippen LogP contribution in [0.5, 0.6) is 0 Å². The maximum Gasteiger partial charge on any atom is 0.231 e. The summed E-state index contributed by atoms with van der Waals surface area (Å²) in [4.78, 5) is 18.8. The molecule has 3 N–H and O–H groups in total. The van der Waals surface area contributed by atoms with Gasteiger partial charge >= 0.3 is 0 Å². The molecular formula is C11H16N8O. The van der Waals surface area contributed by atoms with Gasteiger partial charge in [-0.1, -0.05) is 5.16 Å². The Morgan fingerprint density at radius 1 is 1.20 bits per heavy atom. The van der Waals surface area contributed by atoms with Crippen LogP contribution in [0.15, 0.2) is 4.52 Å². The first-order chi connectivity index (χ1) is 9.70. The van der Waals surface area contributed by atoms with Crippen LogP contribution < -0.4 is 16.0 Å². The summed E-state index contributed by atoms with van der Waals surface area (Å²) in [6.45, 7) is 4.02. The van der Waals surface area contributed by atoms with Gasteiger partial charge < -0.3 is 20.5 Å². The van der Waals surface area contributed by atoms with Crippen LogP contribution in [0.3, 0.4) is 0 Å². The molecule has 1 fully saturated rings. The average molecular weight is 276 g/mol. The second-order valence-corrected chi connectivity index (χ2v) is 4.59. The van der Waals surface area contributed by atoms with Crippen molar-refractivity contribution in [2.45, 2.75) is 26.3 Å². The number of hydrogen-bond acceptors (Lipinski definition) is 9. The Balaban J connectivity index is 1.72. The third-order valence-electron chi connectivity index (χ3n) is 3.00. The van der Waals surface area contributed by atoms with Gasteiger partial charge in [-0.3, -0.25) is 0 Å². The zero-order chi connectivity index (χ0) is 13.9. The fraction of sp³-hybridized carbons (Fsp3) is 0.545. The largest absolute Gasteiger partial charge is 0.368 e. The Bertz CT molecular complexity index is 592. The zero-order valence-electron chi connectivity index (χ0n) is 11.2. The number of nitrogens with one attached hydrogen (secondary N) is 1. The molecule has 2 aromatic rings. The topological polar surface area (TPSA) is 119 Å². The molecule has 1 saturated heterocycles. The van der Waals surface area contributed by atoms with E-state index in [0.29, 0.717) is 30.2 Å². The van der Waals surface area contributed by atoms with Gasteiger partial charge in [-0.15, -0.1) is 0 Å². The molecule has 0 aliphatic carbocycles. The van der Waals surface area contributed by atoms with Gasteiger partial charge in [-0.2, -0.15) is 19.9 Å².